The second kappa shape index (κ2) is 4.50. The summed E-state index contributed by atoms with van der Waals surface area (Å²) in [7, 11) is 1.84. The summed E-state index contributed by atoms with van der Waals surface area (Å²) in [5, 5.41) is 20.1. The predicted molar refractivity (Wildman–Crippen MR) is 62.1 cm³/mol. The fourth-order valence-corrected chi connectivity index (χ4v) is 2.09. The van der Waals surface area contributed by atoms with Crippen molar-refractivity contribution in [2.45, 2.75) is 13.5 Å². The maximum absolute atomic E-state index is 10.8. The Morgan fingerprint density at radius 3 is 2.94 bits per heavy atom. The van der Waals surface area contributed by atoms with E-state index in [1.807, 2.05) is 7.05 Å². The summed E-state index contributed by atoms with van der Waals surface area (Å²) in [5.74, 6) is -0.250. The monoisotopic (exact) mass is 253 g/mol. The molecule has 2 N–H and O–H groups in total. The Labute approximate surface area is 101 Å². The Morgan fingerprint density at radius 2 is 2.41 bits per heavy atom. The van der Waals surface area contributed by atoms with Crippen molar-refractivity contribution in [1.29, 1.82) is 0 Å². The zero-order valence-electron chi connectivity index (χ0n) is 9.34. The van der Waals surface area contributed by atoms with Crippen LogP contribution in [0.25, 0.3) is 0 Å². The summed E-state index contributed by atoms with van der Waals surface area (Å²) in [5.41, 5.74) is 0.0930. The van der Waals surface area contributed by atoms with Crippen molar-refractivity contribution in [1.82, 2.24) is 19.7 Å². The molecule has 0 aliphatic heterocycles. The molecule has 0 atom stereocenters. The average molecular weight is 253 g/mol. The van der Waals surface area contributed by atoms with Gasteiger partial charge < -0.3 is 15.0 Å². The van der Waals surface area contributed by atoms with Gasteiger partial charge in [0.1, 0.15) is 6.33 Å². The van der Waals surface area contributed by atoms with Crippen LogP contribution >= 0.6 is 11.3 Å². The number of hydrogen-bond donors (Lipinski definition) is 2. The van der Waals surface area contributed by atoms with Crippen molar-refractivity contribution in [3.63, 3.8) is 0 Å². The summed E-state index contributed by atoms with van der Waals surface area (Å²) in [6.45, 7) is 2.19. The Morgan fingerprint density at radius 1 is 1.65 bits per heavy atom. The lowest BCUT2D eigenvalue weighted by atomic mass is 10.4. The highest BCUT2D eigenvalue weighted by atomic mass is 32.1. The van der Waals surface area contributed by atoms with Gasteiger partial charge in [-0.3, -0.25) is 0 Å². The Hall–Kier alpha value is -1.96. The fourth-order valence-electron chi connectivity index (χ4n) is 1.29. The van der Waals surface area contributed by atoms with Crippen LogP contribution in [0.2, 0.25) is 0 Å². The first-order chi connectivity index (χ1) is 8.08. The molecule has 0 amide bonds. The third-order valence-electron chi connectivity index (χ3n) is 2.20. The maximum atomic E-state index is 10.8. The number of aryl methyl sites for hydroxylation is 2. The van der Waals surface area contributed by atoms with E-state index >= 15 is 0 Å². The number of carboxylic acid groups (broad SMARTS) is 1. The lowest BCUT2D eigenvalue weighted by molar-refractivity contribution is 0.0690. The van der Waals surface area contributed by atoms with E-state index in [0.29, 0.717) is 16.6 Å². The molecule has 8 heteroatoms. The molecule has 2 aromatic heterocycles. The predicted octanol–water partition coefficient (Wildman–Crippen LogP) is 0.890. The van der Waals surface area contributed by atoms with Gasteiger partial charge in [0.25, 0.3) is 0 Å². The van der Waals surface area contributed by atoms with Crippen LogP contribution in [-0.2, 0) is 13.6 Å². The van der Waals surface area contributed by atoms with Gasteiger partial charge in [-0.2, -0.15) is 0 Å². The number of aromatic nitrogens is 4. The van der Waals surface area contributed by atoms with E-state index in [4.69, 9.17) is 5.11 Å². The van der Waals surface area contributed by atoms with Gasteiger partial charge in [0.05, 0.1) is 6.54 Å². The molecule has 0 saturated carbocycles. The highest BCUT2D eigenvalue weighted by Crippen LogP contribution is 2.22. The molecule has 0 radical (unpaired) electrons. The number of carboxylic acids is 1. The van der Waals surface area contributed by atoms with Crippen molar-refractivity contribution in [3.8, 4) is 0 Å². The SMILES string of the molecule is Cc1sc(NCc2nncn2C)nc1C(=O)O. The molecule has 0 bridgehead atoms. The summed E-state index contributed by atoms with van der Waals surface area (Å²) in [4.78, 5) is 15.5. The second-order valence-corrected chi connectivity index (χ2v) is 4.64. The van der Waals surface area contributed by atoms with Gasteiger partial charge in [-0.25, -0.2) is 9.78 Å². The van der Waals surface area contributed by atoms with Gasteiger partial charge in [0.2, 0.25) is 0 Å². The lowest BCUT2D eigenvalue weighted by Gasteiger charge is -2.00. The maximum Gasteiger partial charge on any atom is 0.355 e. The molecule has 0 aliphatic carbocycles. The van der Waals surface area contributed by atoms with Crippen LogP contribution in [0.1, 0.15) is 21.2 Å². The van der Waals surface area contributed by atoms with E-state index in [0.717, 1.165) is 5.82 Å². The number of hydrogen-bond acceptors (Lipinski definition) is 6. The van der Waals surface area contributed by atoms with Crippen LogP contribution in [0.5, 0.6) is 0 Å². The van der Waals surface area contributed by atoms with E-state index in [9.17, 15) is 4.79 Å². The average Bonchev–Trinajstić information content (AvgIpc) is 2.82. The van der Waals surface area contributed by atoms with E-state index in [-0.39, 0.29) is 5.69 Å². The summed E-state index contributed by atoms with van der Waals surface area (Å²) < 4.78 is 1.78. The van der Waals surface area contributed by atoms with Crippen LogP contribution in [0.4, 0.5) is 5.13 Å². The molecule has 0 unspecified atom stereocenters. The first-order valence-electron chi connectivity index (χ1n) is 4.85. The van der Waals surface area contributed by atoms with Crippen LogP contribution < -0.4 is 5.32 Å². The first-order valence-corrected chi connectivity index (χ1v) is 5.67. The quantitative estimate of drug-likeness (QED) is 0.840. The van der Waals surface area contributed by atoms with Crippen molar-refractivity contribution >= 4 is 22.4 Å². The number of anilines is 1. The van der Waals surface area contributed by atoms with Gasteiger partial charge in [0.15, 0.2) is 16.6 Å². The minimum Gasteiger partial charge on any atom is -0.476 e. The van der Waals surface area contributed by atoms with E-state index in [2.05, 4.69) is 20.5 Å². The van der Waals surface area contributed by atoms with Crippen molar-refractivity contribution < 1.29 is 9.90 Å². The van der Waals surface area contributed by atoms with Crippen LogP contribution in [0.3, 0.4) is 0 Å². The third-order valence-corrected chi connectivity index (χ3v) is 3.13. The fraction of sp³-hybridized carbons (Fsp3) is 0.333. The topological polar surface area (TPSA) is 92.9 Å². The van der Waals surface area contributed by atoms with E-state index in [1.54, 1.807) is 17.8 Å². The number of thiazole rings is 1. The normalized spacial score (nSPS) is 10.5. The zero-order chi connectivity index (χ0) is 12.4. The molecule has 7 nitrogen and oxygen atoms in total. The van der Waals surface area contributed by atoms with Gasteiger partial charge >= 0.3 is 5.97 Å². The molecule has 2 heterocycles. The Kier molecular flexibility index (Phi) is 3.05. The number of aromatic carboxylic acids is 1. The number of carbonyl (C=O) groups is 1. The molecule has 0 aliphatic rings. The van der Waals surface area contributed by atoms with E-state index in [1.165, 1.54) is 11.3 Å². The number of nitrogens with one attached hydrogen (secondary N) is 1. The van der Waals surface area contributed by atoms with Crippen molar-refractivity contribution in [3.05, 3.63) is 22.7 Å². The molecule has 0 aromatic carbocycles. The molecule has 0 fully saturated rings. The number of rotatable bonds is 4. The van der Waals surface area contributed by atoms with Gasteiger partial charge in [0, 0.05) is 11.9 Å². The Bertz CT molecular complexity index is 547. The minimum absolute atomic E-state index is 0.0930. The standard InChI is InChI=1S/C9H11N5O2S/c1-5-7(8(15)16)12-9(17-5)10-3-6-13-11-4-14(6)2/h4H,3H2,1-2H3,(H,10,12)(H,15,16). The molecule has 0 saturated heterocycles. The highest BCUT2D eigenvalue weighted by molar-refractivity contribution is 7.15. The smallest absolute Gasteiger partial charge is 0.355 e. The van der Waals surface area contributed by atoms with Crippen LogP contribution in [0, 0.1) is 6.92 Å². The minimum atomic E-state index is -1.01. The summed E-state index contributed by atoms with van der Waals surface area (Å²) in [6, 6.07) is 0. The molecule has 2 aromatic rings. The molecule has 2 rings (SSSR count). The lowest BCUT2D eigenvalue weighted by Crippen LogP contribution is -2.06. The van der Waals surface area contributed by atoms with E-state index < -0.39 is 5.97 Å². The van der Waals surface area contributed by atoms with Gasteiger partial charge in [-0.15, -0.1) is 21.5 Å². The van der Waals surface area contributed by atoms with Gasteiger partial charge in [-0.05, 0) is 6.92 Å². The first kappa shape index (κ1) is 11.5. The van der Waals surface area contributed by atoms with Crippen molar-refractivity contribution in [2.75, 3.05) is 5.32 Å². The molecule has 0 spiro atoms. The van der Waals surface area contributed by atoms with Crippen molar-refractivity contribution in [2.24, 2.45) is 7.05 Å². The summed E-state index contributed by atoms with van der Waals surface area (Å²) >= 11 is 1.31. The largest absolute Gasteiger partial charge is 0.476 e. The summed E-state index contributed by atoms with van der Waals surface area (Å²) in [6.07, 6.45) is 1.60. The highest BCUT2D eigenvalue weighted by Gasteiger charge is 2.14. The molecule has 17 heavy (non-hydrogen) atoms. The van der Waals surface area contributed by atoms with Crippen LogP contribution in [0.15, 0.2) is 6.33 Å². The number of nitrogens with zero attached hydrogens (tertiary/aromatic N) is 4. The van der Waals surface area contributed by atoms with Gasteiger partial charge in [-0.1, -0.05) is 0 Å². The Balaban J connectivity index is 2.07. The van der Waals surface area contributed by atoms with Crippen LogP contribution in [-0.4, -0.2) is 30.8 Å². The molecular weight excluding hydrogens is 242 g/mol. The second-order valence-electron chi connectivity index (χ2n) is 3.44. The zero-order valence-corrected chi connectivity index (χ0v) is 10.2. The molecule has 90 valence electrons. The third kappa shape index (κ3) is 2.41. The molecular formula is C9H11N5O2S.